The SMILES string of the molecule is CCOC(=O)C(C)(I)[C@@H]1OC(=O)O[C@H]1C. The van der Waals surface area contributed by atoms with Gasteiger partial charge in [0.2, 0.25) is 0 Å². The first-order valence-electron chi connectivity index (χ1n) is 4.63. The zero-order chi connectivity index (χ0) is 11.6. The van der Waals surface area contributed by atoms with E-state index < -0.39 is 27.8 Å². The number of hydrogen-bond donors (Lipinski definition) is 0. The van der Waals surface area contributed by atoms with Gasteiger partial charge in [-0.25, -0.2) is 4.79 Å². The van der Waals surface area contributed by atoms with Crippen LogP contribution in [0.2, 0.25) is 0 Å². The fourth-order valence-electron chi connectivity index (χ4n) is 1.38. The molecule has 86 valence electrons. The zero-order valence-electron chi connectivity index (χ0n) is 8.78. The van der Waals surface area contributed by atoms with E-state index in [1.807, 2.05) is 22.6 Å². The van der Waals surface area contributed by atoms with E-state index in [0.29, 0.717) is 6.61 Å². The lowest BCUT2D eigenvalue weighted by molar-refractivity contribution is -0.147. The van der Waals surface area contributed by atoms with E-state index >= 15 is 0 Å². The first kappa shape index (κ1) is 12.5. The van der Waals surface area contributed by atoms with Crippen molar-refractivity contribution in [3.63, 3.8) is 0 Å². The van der Waals surface area contributed by atoms with Crippen molar-refractivity contribution in [1.29, 1.82) is 0 Å². The molecule has 0 N–H and O–H groups in total. The van der Waals surface area contributed by atoms with Crippen LogP contribution in [0.1, 0.15) is 20.8 Å². The topological polar surface area (TPSA) is 61.8 Å². The molecule has 1 aliphatic rings. The average Bonchev–Trinajstić information content (AvgIpc) is 2.46. The van der Waals surface area contributed by atoms with Crippen LogP contribution in [-0.2, 0) is 19.0 Å². The second-order valence-corrected chi connectivity index (χ2v) is 5.65. The van der Waals surface area contributed by atoms with Gasteiger partial charge in [-0.2, -0.15) is 0 Å². The Morgan fingerprint density at radius 1 is 1.60 bits per heavy atom. The van der Waals surface area contributed by atoms with E-state index in [0.717, 1.165) is 0 Å². The molecule has 15 heavy (non-hydrogen) atoms. The molecule has 1 heterocycles. The van der Waals surface area contributed by atoms with Crippen molar-refractivity contribution in [2.24, 2.45) is 0 Å². The van der Waals surface area contributed by atoms with Crippen LogP contribution < -0.4 is 0 Å². The lowest BCUT2D eigenvalue weighted by Crippen LogP contribution is -2.46. The maximum atomic E-state index is 11.6. The molecule has 1 rings (SSSR count). The number of alkyl halides is 1. The normalized spacial score (nSPS) is 28.9. The van der Waals surface area contributed by atoms with Gasteiger partial charge in [-0.3, -0.25) is 4.79 Å². The van der Waals surface area contributed by atoms with Gasteiger partial charge < -0.3 is 14.2 Å². The third kappa shape index (κ3) is 2.53. The Kier molecular flexibility index (Phi) is 3.80. The number of carbonyl (C=O) groups is 2. The first-order chi connectivity index (χ1) is 6.89. The van der Waals surface area contributed by atoms with Crippen molar-refractivity contribution < 1.29 is 23.8 Å². The Bertz CT molecular complexity index is 276. The maximum absolute atomic E-state index is 11.6. The van der Waals surface area contributed by atoms with Gasteiger partial charge >= 0.3 is 12.1 Å². The summed E-state index contributed by atoms with van der Waals surface area (Å²) in [7, 11) is 0. The number of esters is 1. The number of rotatable bonds is 3. The van der Waals surface area contributed by atoms with Crippen molar-refractivity contribution in [3.05, 3.63) is 0 Å². The van der Waals surface area contributed by atoms with Crippen molar-refractivity contribution in [1.82, 2.24) is 0 Å². The second kappa shape index (κ2) is 4.54. The van der Waals surface area contributed by atoms with E-state index in [9.17, 15) is 9.59 Å². The van der Waals surface area contributed by atoms with Gasteiger partial charge in [0.1, 0.15) is 6.10 Å². The minimum absolute atomic E-state index is 0.299. The Labute approximate surface area is 102 Å². The minimum Gasteiger partial charge on any atom is -0.465 e. The molecular formula is C9H13IO5. The highest BCUT2D eigenvalue weighted by Gasteiger charge is 2.51. The smallest absolute Gasteiger partial charge is 0.465 e. The lowest BCUT2D eigenvalue weighted by Gasteiger charge is -2.26. The molecule has 0 aliphatic carbocycles. The van der Waals surface area contributed by atoms with Crippen LogP contribution in [0.5, 0.6) is 0 Å². The molecule has 0 aromatic heterocycles. The molecule has 6 heteroatoms. The van der Waals surface area contributed by atoms with Gasteiger partial charge in [0.15, 0.2) is 9.53 Å². The van der Waals surface area contributed by atoms with Gasteiger partial charge in [0.05, 0.1) is 6.61 Å². The second-order valence-electron chi connectivity index (χ2n) is 3.41. The highest BCUT2D eigenvalue weighted by Crippen LogP contribution is 2.33. The summed E-state index contributed by atoms with van der Waals surface area (Å²) < 4.78 is 13.7. The standard InChI is InChI=1S/C9H13IO5/c1-4-13-7(11)9(3,10)6-5(2)14-8(12)15-6/h5-6H,4H2,1-3H3/t5-,6+,9?/m0/s1. The molecule has 0 aromatic carbocycles. The summed E-state index contributed by atoms with van der Waals surface area (Å²) in [5.74, 6) is -0.402. The van der Waals surface area contributed by atoms with Crippen LogP contribution in [0.25, 0.3) is 0 Å². The van der Waals surface area contributed by atoms with E-state index in [2.05, 4.69) is 0 Å². The van der Waals surface area contributed by atoms with E-state index in [-0.39, 0.29) is 0 Å². The average molecular weight is 328 g/mol. The predicted molar refractivity (Wildman–Crippen MR) is 59.9 cm³/mol. The molecule has 1 fully saturated rings. The number of halogens is 1. The third-order valence-corrected chi connectivity index (χ3v) is 3.19. The molecule has 1 unspecified atom stereocenters. The Morgan fingerprint density at radius 3 is 2.60 bits per heavy atom. The highest BCUT2D eigenvalue weighted by atomic mass is 127. The lowest BCUT2D eigenvalue weighted by atomic mass is 10.0. The van der Waals surface area contributed by atoms with Gasteiger partial charge in [-0.1, -0.05) is 22.6 Å². The molecule has 5 nitrogen and oxygen atoms in total. The summed E-state index contributed by atoms with van der Waals surface area (Å²) in [6, 6.07) is 0. The molecule has 0 amide bonds. The summed E-state index contributed by atoms with van der Waals surface area (Å²) in [5, 5.41) is 0. The monoisotopic (exact) mass is 328 g/mol. The largest absolute Gasteiger partial charge is 0.509 e. The van der Waals surface area contributed by atoms with Crippen molar-refractivity contribution >= 4 is 34.7 Å². The van der Waals surface area contributed by atoms with Crippen LogP contribution in [0.3, 0.4) is 0 Å². The molecule has 3 atom stereocenters. The minimum atomic E-state index is -0.917. The zero-order valence-corrected chi connectivity index (χ0v) is 10.9. The van der Waals surface area contributed by atoms with Crippen LogP contribution >= 0.6 is 22.6 Å². The quantitative estimate of drug-likeness (QED) is 0.448. The van der Waals surface area contributed by atoms with Gasteiger partial charge in [0.25, 0.3) is 0 Å². The fraction of sp³-hybridized carbons (Fsp3) is 0.778. The maximum Gasteiger partial charge on any atom is 0.509 e. The molecule has 0 bridgehead atoms. The summed E-state index contributed by atoms with van der Waals surface area (Å²) in [6.45, 7) is 5.37. The fourth-order valence-corrected chi connectivity index (χ4v) is 2.17. The van der Waals surface area contributed by atoms with Gasteiger partial charge in [-0.15, -0.1) is 0 Å². The molecule has 1 aliphatic heterocycles. The van der Waals surface area contributed by atoms with Crippen molar-refractivity contribution in [2.45, 2.75) is 36.4 Å². The Hall–Kier alpha value is -0.530. The van der Waals surface area contributed by atoms with Crippen LogP contribution in [0, 0.1) is 0 Å². The first-order valence-corrected chi connectivity index (χ1v) is 5.70. The van der Waals surface area contributed by atoms with Crippen LogP contribution in [-0.4, -0.2) is 34.4 Å². The molecule has 0 saturated carbocycles. The number of hydrogen-bond acceptors (Lipinski definition) is 5. The number of ether oxygens (including phenoxy) is 3. The molecule has 1 saturated heterocycles. The van der Waals surface area contributed by atoms with Crippen molar-refractivity contribution in [3.8, 4) is 0 Å². The third-order valence-electron chi connectivity index (χ3n) is 2.14. The van der Waals surface area contributed by atoms with Crippen LogP contribution in [0.15, 0.2) is 0 Å². The van der Waals surface area contributed by atoms with Gasteiger partial charge in [0, 0.05) is 0 Å². The van der Waals surface area contributed by atoms with E-state index in [4.69, 9.17) is 14.2 Å². The van der Waals surface area contributed by atoms with Gasteiger partial charge in [-0.05, 0) is 20.8 Å². The molecule has 0 radical (unpaired) electrons. The summed E-state index contributed by atoms with van der Waals surface area (Å²) in [6.07, 6.45) is -1.78. The summed E-state index contributed by atoms with van der Waals surface area (Å²) in [4.78, 5) is 22.5. The van der Waals surface area contributed by atoms with E-state index in [1.165, 1.54) is 0 Å². The predicted octanol–water partition coefficient (Wildman–Crippen LogP) is 1.67. The number of cyclic esters (lactones) is 2. The summed E-state index contributed by atoms with van der Waals surface area (Å²) >= 11 is 1.92. The molecular weight excluding hydrogens is 315 g/mol. The Balaban J connectivity index is 2.76. The van der Waals surface area contributed by atoms with E-state index in [1.54, 1.807) is 20.8 Å². The summed E-state index contributed by atoms with van der Waals surface area (Å²) in [5.41, 5.74) is 0. The highest BCUT2D eigenvalue weighted by molar-refractivity contribution is 14.1. The molecule has 0 aromatic rings. The van der Waals surface area contributed by atoms with Crippen LogP contribution in [0.4, 0.5) is 4.79 Å². The Morgan fingerprint density at radius 2 is 2.20 bits per heavy atom. The molecule has 0 spiro atoms. The number of carbonyl (C=O) groups excluding carboxylic acids is 2. The van der Waals surface area contributed by atoms with Crippen molar-refractivity contribution in [2.75, 3.05) is 6.61 Å².